The molecule has 1 aromatic carbocycles. The van der Waals surface area contributed by atoms with Gasteiger partial charge in [0.1, 0.15) is 0 Å². The second-order valence-electron chi connectivity index (χ2n) is 5.70. The van der Waals surface area contributed by atoms with Crippen LogP contribution in [0.5, 0.6) is 0 Å². The summed E-state index contributed by atoms with van der Waals surface area (Å²) < 4.78 is 0. The average molecular weight is 276 g/mol. The molecule has 0 unspecified atom stereocenters. The van der Waals surface area contributed by atoms with E-state index in [0.29, 0.717) is 12.3 Å². The zero-order valence-corrected chi connectivity index (χ0v) is 12.0. The summed E-state index contributed by atoms with van der Waals surface area (Å²) in [5, 5.41) is 15.3. The van der Waals surface area contributed by atoms with Gasteiger partial charge in [0.25, 0.3) is 0 Å². The van der Waals surface area contributed by atoms with Gasteiger partial charge in [0.15, 0.2) is 0 Å². The van der Waals surface area contributed by atoms with Crippen LogP contribution in [0.3, 0.4) is 0 Å². The van der Waals surface area contributed by atoms with E-state index >= 15 is 0 Å². The van der Waals surface area contributed by atoms with Crippen molar-refractivity contribution in [2.75, 3.05) is 6.61 Å². The van der Waals surface area contributed by atoms with Crippen LogP contribution < -0.4 is 10.6 Å². The molecule has 0 bridgehead atoms. The molecular weight excluding hydrogens is 252 g/mol. The van der Waals surface area contributed by atoms with Crippen molar-refractivity contribution in [1.82, 2.24) is 10.6 Å². The van der Waals surface area contributed by atoms with Gasteiger partial charge in [0.2, 0.25) is 0 Å². The van der Waals surface area contributed by atoms with Crippen molar-refractivity contribution < 1.29 is 9.90 Å². The first-order valence-electron chi connectivity index (χ1n) is 7.41. The summed E-state index contributed by atoms with van der Waals surface area (Å²) in [6.45, 7) is 2.12. The summed E-state index contributed by atoms with van der Waals surface area (Å²) >= 11 is 0. The molecule has 1 fully saturated rings. The van der Waals surface area contributed by atoms with Crippen molar-refractivity contribution in [3.8, 4) is 0 Å². The summed E-state index contributed by atoms with van der Waals surface area (Å²) in [4.78, 5) is 12.0. The lowest BCUT2D eigenvalue weighted by Gasteiger charge is -2.21. The predicted octanol–water partition coefficient (Wildman–Crippen LogP) is 2.08. The fraction of sp³-hybridized carbons (Fsp3) is 0.562. The maximum atomic E-state index is 12.0. The zero-order chi connectivity index (χ0) is 14.4. The van der Waals surface area contributed by atoms with Gasteiger partial charge in [-0.05, 0) is 30.7 Å². The SMILES string of the molecule is C[C@H]1CCC[C@@H]1NC(=O)N[C@H](CO)Cc1ccccc1. The lowest BCUT2D eigenvalue weighted by Crippen LogP contribution is -2.48. The van der Waals surface area contributed by atoms with Crippen molar-refractivity contribution in [1.29, 1.82) is 0 Å². The number of benzene rings is 1. The van der Waals surface area contributed by atoms with Crippen LogP contribution in [-0.4, -0.2) is 29.8 Å². The maximum Gasteiger partial charge on any atom is 0.315 e. The van der Waals surface area contributed by atoms with Crippen LogP contribution in [0.25, 0.3) is 0 Å². The highest BCUT2D eigenvalue weighted by atomic mass is 16.3. The minimum Gasteiger partial charge on any atom is -0.394 e. The Kier molecular flexibility index (Phi) is 5.41. The summed E-state index contributed by atoms with van der Waals surface area (Å²) in [7, 11) is 0. The number of aliphatic hydroxyl groups excluding tert-OH is 1. The van der Waals surface area contributed by atoms with E-state index in [9.17, 15) is 9.90 Å². The summed E-state index contributed by atoms with van der Waals surface area (Å²) in [6.07, 6.45) is 4.06. The number of aliphatic hydroxyl groups is 1. The lowest BCUT2D eigenvalue weighted by molar-refractivity contribution is 0.211. The van der Waals surface area contributed by atoms with Crippen LogP contribution in [0.2, 0.25) is 0 Å². The Balaban J connectivity index is 1.81. The monoisotopic (exact) mass is 276 g/mol. The number of carbonyl (C=O) groups excluding carboxylic acids is 1. The maximum absolute atomic E-state index is 12.0. The molecule has 0 aromatic heterocycles. The van der Waals surface area contributed by atoms with Crippen LogP contribution in [0, 0.1) is 5.92 Å². The number of amides is 2. The standard InChI is InChI=1S/C16H24N2O2/c1-12-6-5-9-15(12)18-16(20)17-14(11-19)10-13-7-3-2-4-8-13/h2-4,7-8,12,14-15,19H,5-6,9-11H2,1H3,(H2,17,18,20)/t12-,14-,15-/m0/s1. The van der Waals surface area contributed by atoms with Crippen molar-refractivity contribution in [3.05, 3.63) is 35.9 Å². The normalized spacial score (nSPS) is 23.3. The van der Waals surface area contributed by atoms with Crippen LogP contribution in [-0.2, 0) is 6.42 Å². The van der Waals surface area contributed by atoms with E-state index in [0.717, 1.165) is 12.0 Å². The Morgan fingerprint density at radius 2 is 2.10 bits per heavy atom. The minimum absolute atomic E-state index is 0.0530. The van der Waals surface area contributed by atoms with Crippen molar-refractivity contribution in [2.45, 2.75) is 44.7 Å². The highest BCUT2D eigenvalue weighted by Gasteiger charge is 2.25. The van der Waals surface area contributed by atoms with E-state index in [2.05, 4.69) is 17.6 Å². The molecule has 1 saturated carbocycles. The van der Waals surface area contributed by atoms with Gasteiger partial charge in [-0.25, -0.2) is 4.79 Å². The third-order valence-electron chi connectivity index (χ3n) is 4.06. The number of hydrogen-bond donors (Lipinski definition) is 3. The second-order valence-corrected chi connectivity index (χ2v) is 5.70. The average Bonchev–Trinajstić information content (AvgIpc) is 2.84. The molecule has 2 rings (SSSR count). The van der Waals surface area contributed by atoms with Crippen molar-refractivity contribution in [3.63, 3.8) is 0 Å². The van der Waals surface area contributed by atoms with Gasteiger partial charge >= 0.3 is 6.03 Å². The summed E-state index contributed by atoms with van der Waals surface area (Å²) in [5.41, 5.74) is 1.11. The smallest absolute Gasteiger partial charge is 0.315 e. The Labute approximate surface area is 120 Å². The van der Waals surface area contributed by atoms with Crippen LogP contribution in [0.1, 0.15) is 31.7 Å². The number of urea groups is 1. The van der Waals surface area contributed by atoms with Gasteiger partial charge in [0.05, 0.1) is 12.6 Å². The second kappa shape index (κ2) is 7.29. The highest BCUT2D eigenvalue weighted by molar-refractivity contribution is 5.74. The number of hydrogen-bond acceptors (Lipinski definition) is 2. The topological polar surface area (TPSA) is 61.4 Å². The third kappa shape index (κ3) is 4.23. The molecule has 4 nitrogen and oxygen atoms in total. The Hall–Kier alpha value is -1.55. The fourth-order valence-electron chi connectivity index (χ4n) is 2.82. The molecule has 110 valence electrons. The van der Waals surface area contributed by atoms with Gasteiger partial charge in [-0.1, -0.05) is 43.7 Å². The number of rotatable bonds is 5. The summed E-state index contributed by atoms with van der Waals surface area (Å²) in [6, 6.07) is 9.74. The number of carbonyl (C=O) groups is 1. The Bertz CT molecular complexity index is 422. The fourth-order valence-corrected chi connectivity index (χ4v) is 2.82. The molecule has 0 radical (unpaired) electrons. The minimum atomic E-state index is -0.242. The molecule has 0 spiro atoms. The van der Waals surface area contributed by atoms with Gasteiger partial charge in [-0.2, -0.15) is 0 Å². The highest BCUT2D eigenvalue weighted by Crippen LogP contribution is 2.24. The molecular formula is C16H24N2O2. The van der Waals surface area contributed by atoms with Gasteiger partial charge < -0.3 is 15.7 Å². The third-order valence-corrected chi connectivity index (χ3v) is 4.06. The van der Waals surface area contributed by atoms with Crippen LogP contribution >= 0.6 is 0 Å². The zero-order valence-electron chi connectivity index (χ0n) is 12.0. The van der Waals surface area contributed by atoms with E-state index in [1.807, 2.05) is 30.3 Å². The van der Waals surface area contributed by atoms with E-state index in [4.69, 9.17) is 0 Å². The Morgan fingerprint density at radius 3 is 2.70 bits per heavy atom. The molecule has 1 aromatic rings. The first kappa shape index (κ1) is 14.9. The van der Waals surface area contributed by atoms with Gasteiger partial charge in [-0.3, -0.25) is 0 Å². The Morgan fingerprint density at radius 1 is 1.35 bits per heavy atom. The largest absolute Gasteiger partial charge is 0.394 e. The van der Waals surface area contributed by atoms with Gasteiger partial charge in [-0.15, -0.1) is 0 Å². The molecule has 1 aliphatic carbocycles. The van der Waals surface area contributed by atoms with E-state index in [1.165, 1.54) is 12.8 Å². The summed E-state index contributed by atoms with van der Waals surface area (Å²) in [5.74, 6) is 0.544. The quantitative estimate of drug-likeness (QED) is 0.771. The van der Waals surface area contributed by atoms with Crippen LogP contribution in [0.4, 0.5) is 4.79 Å². The molecule has 1 aliphatic rings. The number of nitrogens with one attached hydrogen (secondary N) is 2. The predicted molar refractivity (Wildman–Crippen MR) is 79.5 cm³/mol. The molecule has 0 aliphatic heterocycles. The first-order chi connectivity index (χ1) is 9.69. The van der Waals surface area contributed by atoms with Crippen molar-refractivity contribution >= 4 is 6.03 Å². The van der Waals surface area contributed by atoms with Crippen LogP contribution in [0.15, 0.2) is 30.3 Å². The molecule has 4 heteroatoms. The van der Waals surface area contributed by atoms with Crippen molar-refractivity contribution in [2.24, 2.45) is 5.92 Å². The molecule has 0 heterocycles. The first-order valence-corrected chi connectivity index (χ1v) is 7.41. The van der Waals surface area contributed by atoms with E-state index in [1.54, 1.807) is 0 Å². The van der Waals surface area contributed by atoms with E-state index in [-0.39, 0.29) is 24.7 Å². The van der Waals surface area contributed by atoms with E-state index < -0.39 is 0 Å². The molecule has 2 amide bonds. The molecule has 20 heavy (non-hydrogen) atoms. The van der Waals surface area contributed by atoms with Gasteiger partial charge in [0, 0.05) is 6.04 Å². The lowest BCUT2D eigenvalue weighted by atomic mass is 10.1. The molecule has 3 atom stereocenters. The molecule has 0 saturated heterocycles. The molecule has 3 N–H and O–H groups in total.